The van der Waals surface area contributed by atoms with Gasteiger partial charge in [-0.1, -0.05) is 0 Å². The van der Waals surface area contributed by atoms with Gasteiger partial charge in [0.15, 0.2) is 0 Å². The van der Waals surface area contributed by atoms with Crippen LogP contribution in [-0.4, -0.2) is 30.6 Å². The molecular weight excluding hydrogens is 133 g/mol. The molecule has 0 aliphatic rings. The lowest BCUT2D eigenvalue weighted by molar-refractivity contribution is -0.131. The highest BCUT2D eigenvalue weighted by atomic mass is 19.1. The first-order chi connectivity index (χ1) is 4.76. The number of alkyl halides is 1. The van der Waals surface area contributed by atoms with Crippen molar-refractivity contribution in [3.05, 3.63) is 0 Å². The predicted molar refractivity (Wildman–Crippen MR) is 38.5 cm³/mol. The van der Waals surface area contributed by atoms with Gasteiger partial charge in [0.2, 0.25) is 5.91 Å². The van der Waals surface area contributed by atoms with Gasteiger partial charge in [-0.15, -0.1) is 0 Å². The molecule has 0 aromatic carbocycles. The van der Waals surface area contributed by atoms with E-state index >= 15 is 0 Å². The van der Waals surface area contributed by atoms with Crippen LogP contribution in [0.5, 0.6) is 0 Å². The third kappa shape index (κ3) is 2.80. The molecule has 0 heterocycles. The molecule has 0 aliphatic heterocycles. The average molecular weight is 147 g/mol. The Morgan fingerprint density at radius 1 is 1.40 bits per heavy atom. The summed E-state index contributed by atoms with van der Waals surface area (Å²) in [4.78, 5) is 12.5. The minimum absolute atomic E-state index is 0.0294. The minimum atomic E-state index is -0.546. The molecule has 0 atom stereocenters. The van der Waals surface area contributed by atoms with E-state index in [0.717, 1.165) is 0 Å². The van der Waals surface area contributed by atoms with Crippen LogP contribution in [0.2, 0.25) is 0 Å². The van der Waals surface area contributed by atoms with Crippen molar-refractivity contribution in [2.75, 3.05) is 19.8 Å². The maximum absolute atomic E-state index is 11.6. The Morgan fingerprint density at radius 3 is 2.20 bits per heavy atom. The molecule has 0 fully saturated rings. The Morgan fingerprint density at radius 2 is 1.90 bits per heavy atom. The van der Waals surface area contributed by atoms with Crippen LogP contribution < -0.4 is 0 Å². The number of hydrogen-bond acceptors (Lipinski definition) is 1. The summed E-state index contributed by atoms with van der Waals surface area (Å²) in [5.41, 5.74) is 0. The van der Waals surface area contributed by atoms with Crippen LogP contribution in [0.3, 0.4) is 0 Å². The molecule has 60 valence electrons. The van der Waals surface area contributed by atoms with Crippen molar-refractivity contribution < 1.29 is 9.18 Å². The fourth-order valence-corrected chi connectivity index (χ4v) is 0.815. The maximum atomic E-state index is 11.6. The zero-order valence-corrected chi connectivity index (χ0v) is 6.56. The second-order valence-electron chi connectivity index (χ2n) is 2.01. The lowest BCUT2D eigenvalue weighted by atomic mass is 10.4. The Balaban J connectivity index is 3.65. The fourth-order valence-electron chi connectivity index (χ4n) is 0.815. The van der Waals surface area contributed by atoms with Gasteiger partial charge in [0.1, 0.15) is 0 Å². The van der Waals surface area contributed by atoms with Crippen molar-refractivity contribution >= 4 is 5.91 Å². The monoisotopic (exact) mass is 147 g/mol. The van der Waals surface area contributed by atoms with Crippen molar-refractivity contribution in [3.63, 3.8) is 0 Å². The number of rotatable bonds is 4. The van der Waals surface area contributed by atoms with Crippen molar-refractivity contribution in [3.8, 4) is 0 Å². The summed E-state index contributed by atoms with van der Waals surface area (Å²) in [5.74, 6) is -0.0903. The van der Waals surface area contributed by atoms with Crippen molar-refractivity contribution in [1.29, 1.82) is 0 Å². The number of hydrogen-bond donors (Lipinski definition) is 0. The molecule has 10 heavy (non-hydrogen) atoms. The minimum Gasteiger partial charge on any atom is -0.343 e. The molecule has 0 aromatic rings. The number of halogens is 1. The van der Waals surface area contributed by atoms with Crippen LogP contribution in [0.1, 0.15) is 20.3 Å². The molecule has 0 bridgehead atoms. The first kappa shape index (κ1) is 9.40. The van der Waals surface area contributed by atoms with Gasteiger partial charge in [0.25, 0.3) is 0 Å². The largest absolute Gasteiger partial charge is 0.343 e. The quantitative estimate of drug-likeness (QED) is 0.585. The van der Waals surface area contributed by atoms with Crippen LogP contribution in [0.4, 0.5) is 4.39 Å². The maximum Gasteiger partial charge on any atom is 0.225 e. The van der Waals surface area contributed by atoms with E-state index in [1.165, 1.54) is 0 Å². The summed E-state index contributed by atoms with van der Waals surface area (Å²) in [6.45, 7) is 4.58. The zero-order valence-electron chi connectivity index (χ0n) is 6.56. The standard InChI is InChI=1S/C7H14FNO/c1-3-9(4-2)7(10)5-6-8/h3-6H2,1-2H3. The summed E-state index contributed by atoms with van der Waals surface area (Å²) >= 11 is 0. The van der Waals surface area contributed by atoms with Crippen molar-refractivity contribution in [2.24, 2.45) is 0 Å². The van der Waals surface area contributed by atoms with Gasteiger partial charge in [0.05, 0.1) is 13.1 Å². The molecule has 0 saturated carbocycles. The Bertz CT molecular complexity index is 102. The van der Waals surface area contributed by atoms with E-state index < -0.39 is 6.67 Å². The van der Waals surface area contributed by atoms with Crippen LogP contribution in [0, 0.1) is 0 Å². The normalized spacial score (nSPS) is 9.50. The average Bonchev–Trinajstić information content (AvgIpc) is 1.91. The lowest BCUT2D eigenvalue weighted by Crippen LogP contribution is -2.30. The van der Waals surface area contributed by atoms with E-state index in [2.05, 4.69) is 0 Å². The summed E-state index contributed by atoms with van der Waals surface area (Å²) in [6, 6.07) is 0. The summed E-state index contributed by atoms with van der Waals surface area (Å²) in [7, 11) is 0. The van der Waals surface area contributed by atoms with Crippen molar-refractivity contribution in [1.82, 2.24) is 4.90 Å². The molecule has 2 nitrogen and oxygen atoms in total. The molecule has 0 radical (unpaired) electrons. The Kier molecular flexibility index (Phi) is 4.89. The highest BCUT2D eigenvalue weighted by Gasteiger charge is 2.07. The summed E-state index contributed by atoms with van der Waals surface area (Å²) < 4.78 is 11.6. The van der Waals surface area contributed by atoms with Gasteiger partial charge in [-0.3, -0.25) is 9.18 Å². The van der Waals surface area contributed by atoms with Crippen LogP contribution in [0.15, 0.2) is 0 Å². The summed E-state index contributed by atoms with van der Waals surface area (Å²) in [6.07, 6.45) is 0.0294. The smallest absolute Gasteiger partial charge is 0.225 e. The van der Waals surface area contributed by atoms with Gasteiger partial charge in [0, 0.05) is 13.1 Å². The molecule has 0 rings (SSSR count). The van der Waals surface area contributed by atoms with E-state index in [-0.39, 0.29) is 12.3 Å². The molecule has 0 aliphatic carbocycles. The number of carbonyl (C=O) groups excluding carboxylic acids is 1. The van der Waals surface area contributed by atoms with Crippen LogP contribution in [-0.2, 0) is 4.79 Å². The van der Waals surface area contributed by atoms with Crippen LogP contribution in [0.25, 0.3) is 0 Å². The summed E-state index contributed by atoms with van der Waals surface area (Å²) in [5, 5.41) is 0. The lowest BCUT2D eigenvalue weighted by Gasteiger charge is -2.17. The second-order valence-corrected chi connectivity index (χ2v) is 2.01. The fraction of sp³-hybridized carbons (Fsp3) is 0.857. The van der Waals surface area contributed by atoms with E-state index in [1.54, 1.807) is 4.90 Å². The van der Waals surface area contributed by atoms with Gasteiger partial charge < -0.3 is 4.90 Å². The Hall–Kier alpha value is -0.600. The SMILES string of the molecule is CCN(CC)C(=O)CCF. The molecule has 0 saturated heterocycles. The molecule has 0 aromatic heterocycles. The van der Waals surface area contributed by atoms with E-state index in [4.69, 9.17) is 0 Å². The van der Waals surface area contributed by atoms with Crippen molar-refractivity contribution in [2.45, 2.75) is 20.3 Å². The van der Waals surface area contributed by atoms with E-state index in [9.17, 15) is 9.18 Å². The van der Waals surface area contributed by atoms with E-state index in [1.807, 2.05) is 13.8 Å². The molecule has 3 heteroatoms. The van der Waals surface area contributed by atoms with Gasteiger partial charge in [-0.05, 0) is 13.8 Å². The van der Waals surface area contributed by atoms with Gasteiger partial charge >= 0.3 is 0 Å². The molecule has 0 N–H and O–H groups in total. The molecule has 0 unspecified atom stereocenters. The highest BCUT2D eigenvalue weighted by molar-refractivity contribution is 5.76. The highest BCUT2D eigenvalue weighted by Crippen LogP contribution is 1.93. The first-order valence-corrected chi connectivity index (χ1v) is 3.60. The number of carbonyl (C=O) groups is 1. The van der Waals surface area contributed by atoms with Crippen LogP contribution >= 0.6 is 0 Å². The number of amides is 1. The topological polar surface area (TPSA) is 20.3 Å². The van der Waals surface area contributed by atoms with Gasteiger partial charge in [-0.2, -0.15) is 0 Å². The molecule has 1 amide bonds. The first-order valence-electron chi connectivity index (χ1n) is 3.60. The Labute approximate surface area is 61.0 Å². The van der Waals surface area contributed by atoms with E-state index in [0.29, 0.717) is 13.1 Å². The third-order valence-electron chi connectivity index (χ3n) is 1.42. The molecular formula is C7H14FNO. The predicted octanol–water partition coefficient (Wildman–Crippen LogP) is 1.21. The zero-order chi connectivity index (χ0) is 7.98. The number of nitrogens with zero attached hydrogens (tertiary/aromatic N) is 1. The third-order valence-corrected chi connectivity index (χ3v) is 1.42. The second kappa shape index (κ2) is 5.21. The van der Waals surface area contributed by atoms with Gasteiger partial charge in [-0.25, -0.2) is 0 Å². The molecule has 0 spiro atoms.